The lowest BCUT2D eigenvalue weighted by atomic mass is 10.2. The number of methoxy groups -OCH3 is 1. The summed E-state index contributed by atoms with van der Waals surface area (Å²) in [4.78, 5) is 17.1. The van der Waals surface area contributed by atoms with Crippen molar-refractivity contribution in [2.45, 2.75) is 13.5 Å². The van der Waals surface area contributed by atoms with Gasteiger partial charge in [0.15, 0.2) is 0 Å². The fraction of sp³-hybridized carbons (Fsp3) is 0.409. The number of hydrogen-bond donors (Lipinski definition) is 1. The summed E-state index contributed by atoms with van der Waals surface area (Å²) in [5.74, 6) is 1.59. The van der Waals surface area contributed by atoms with Crippen molar-refractivity contribution in [3.05, 3.63) is 54.1 Å². The van der Waals surface area contributed by atoms with E-state index in [1.807, 2.05) is 43.3 Å². The summed E-state index contributed by atoms with van der Waals surface area (Å²) in [5, 5.41) is 2.97. The van der Waals surface area contributed by atoms with Crippen molar-refractivity contribution in [1.29, 1.82) is 0 Å². The molecule has 2 aromatic carbocycles. The van der Waals surface area contributed by atoms with Crippen LogP contribution in [-0.2, 0) is 11.3 Å². The van der Waals surface area contributed by atoms with Gasteiger partial charge in [-0.25, -0.2) is 0 Å². The van der Waals surface area contributed by atoms with E-state index in [1.165, 1.54) is 5.56 Å². The van der Waals surface area contributed by atoms with E-state index in [4.69, 9.17) is 9.47 Å². The molecule has 150 valence electrons. The largest absolute Gasteiger partial charge is 0.497 e. The van der Waals surface area contributed by atoms with Crippen LogP contribution in [0, 0.1) is 0 Å². The van der Waals surface area contributed by atoms with E-state index < -0.39 is 0 Å². The maximum atomic E-state index is 12.4. The molecule has 0 unspecified atom stereocenters. The molecule has 0 atom stereocenters. The van der Waals surface area contributed by atoms with Crippen LogP contribution < -0.4 is 14.8 Å². The molecule has 1 heterocycles. The zero-order valence-corrected chi connectivity index (χ0v) is 16.7. The lowest BCUT2D eigenvalue weighted by Gasteiger charge is -2.34. The number of rotatable bonds is 8. The fourth-order valence-electron chi connectivity index (χ4n) is 3.34. The second-order valence-corrected chi connectivity index (χ2v) is 6.88. The Morgan fingerprint density at radius 2 is 1.68 bits per heavy atom. The molecule has 1 amide bonds. The molecule has 0 aliphatic carbocycles. The Morgan fingerprint density at radius 1 is 1.00 bits per heavy atom. The lowest BCUT2D eigenvalue weighted by Crippen LogP contribution is -2.48. The second-order valence-electron chi connectivity index (χ2n) is 6.88. The zero-order chi connectivity index (χ0) is 19.8. The van der Waals surface area contributed by atoms with E-state index >= 15 is 0 Å². The highest BCUT2D eigenvalue weighted by molar-refractivity contribution is 5.93. The predicted octanol–water partition coefficient (Wildman–Crippen LogP) is 2.85. The molecule has 1 saturated heterocycles. The first-order chi connectivity index (χ1) is 13.7. The van der Waals surface area contributed by atoms with Crippen molar-refractivity contribution in [2.75, 3.05) is 51.8 Å². The zero-order valence-electron chi connectivity index (χ0n) is 16.7. The molecule has 3 rings (SSSR count). The van der Waals surface area contributed by atoms with Crippen molar-refractivity contribution >= 4 is 11.6 Å². The van der Waals surface area contributed by atoms with Gasteiger partial charge in [-0.3, -0.25) is 14.6 Å². The van der Waals surface area contributed by atoms with Crippen LogP contribution in [0.1, 0.15) is 12.5 Å². The second kappa shape index (κ2) is 10.1. The Labute approximate surface area is 167 Å². The number of nitrogens with one attached hydrogen (secondary N) is 1. The van der Waals surface area contributed by atoms with Crippen LogP contribution >= 0.6 is 0 Å². The summed E-state index contributed by atoms with van der Waals surface area (Å²) in [6.45, 7) is 7.51. The number of ether oxygens (including phenoxy) is 2. The minimum Gasteiger partial charge on any atom is -0.497 e. The monoisotopic (exact) mass is 383 g/mol. The third-order valence-electron chi connectivity index (χ3n) is 4.86. The minimum absolute atomic E-state index is 0.00393. The molecule has 0 bridgehead atoms. The summed E-state index contributed by atoms with van der Waals surface area (Å²) < 4.78 is 10.8. The number of para-hydroxylation sites is 2. The van der Waals surface area contributed by atoms with E-state index in [0.29, 0.717) is 18.9 Å². The molecule has 2 aromatic rings. The van der Waals surface area contributed by atoms with Gasteiger partial charge in [-0.05, 0) is 36.8 Å². The van der Waals surface area contributed by atoms with Crippen molar-refractivity contribution in [1.82, 2.24) is 9.80 Å². The Balaban J connectivity index is 1.44. The van der Waals surface area contributed by atoms with Gasteiger partial charge in [-0.2, -0.15) is 0 Å². The van der Waals surface area contributed by atoms with Crippen molar-refractivity contribution in [3.8, 4) is 11.5 Å². The topological polar surface area (TPSA) is 54.0 Å². The quantitative estimate of drug-likeness (QED) is 0.760. The first-order valence-electron chi connectivity index (χ1n) is 9.77. The summed E-state index contributed by atoms with van der Waals surface area (Å²) >= 11 is 0. The Bertz CT molecular complexity index is 756. The number of benzene rings is 2. The summed E-state index contributed by atoms with van der Waals surface area (Å²) in [6.07, 6.45) is 0. The summed E-state index contributed by atoms with van der Waals surface area (Å²) in [6, 6.07) is 15.8. The van der Waals surface area contributed by atoms with Gasteiger partial charge in [-0.1, -0.05) is 24.3 Å². The van der Waals surface area contributed by atoms with Gasteiger partial charge in [0.05, 0.1) is 25.9 Å². The lowest BCUT2D eigenvalue weighted by molar-refractivity contribution is -0.117. The van der Waals surface area contributed by atoms with Crippen LogP contribution in [0.3, 0.4) is 0 Å². The summed E-state index contributed by atoms with van der Waals surface area (Å²) in [5.41, 5.74) is 2.01. The Hall–Kier alpha value is -2.57. The maximum absolute atomic E-state index is 12.4. The number of carbonyl (C=O) groups excluding carboxylic acids is 1. The molecule has 1 N–H and O–H groups in total. The molecule has 28 heavy (non-hydrogen) atoms. The summed E-state index contributed by atoms with van der Waals surface area (Å²) in [7, 11) is 1.68. The van der Waals surface area contributed by atoms with Crippen LogP contribution in [0.2, 0.25) is 0 Å². The van der Waals surface area contributed by atoms with Gasteiger partial charge in [0.25, 0.3) is 0 Å². The van der Waals surface area contributed by atoms with Gasteiger partial charge in [0.2, 0.25) is 5.91 Å². The van der Waals surface area contributed by atoms with E-state index in [1.54, 1.807) is 7.11 Å². The van der Waals surface area contributed by atoms with Gasteiger partial charge >= 0.3 is 0 Å². The molecule has 0 saturated carbocycles. The minimum atomic E-state index is -0.00393. The molecule has 0 spiro atoms. The van der Waals surface area contributed by atoms with Gasteiger partial charge in [-0.15, -0.1) is 0 Å². The van der Waals surface area contributed by atoms with E-state index in [9.17, 15) is 4.79 Å². The highest BCUT2D eigenvalue weighted by Crippen LogP contribution is 2.23. The van der Waals surface area contributed by atoms with Crippen LogP contribution in [-0.4, -0.2) is 62.1 Å². The number of anilines is 1. The highest BCUT2D eigenvalue weighted by Gasteiger charge is 2.19. The van der Waals surface area contributed by atoms with Gasteiger partial charge in [0, 0.05) is 32.7 Å². The Morgan fingerprint density at radius 3 is 2.36 bits per heavy atom. The first kappa shape index (κ1) is 20.2. The average molecular weight is 383 g/mol. The van der Waals surface area contributed by atoms with E-state index in [0.717, 1.165) is 44.2 Å². The smallest absolute Gasteiger partial charge is 0.238 e. The standard InChI is InChI=1S/C22H29N3O3/c1-3-28-21-7-5-4-6-20(21)23-22(26)17-25-14-12-24(13-15-25)16-18-8-10-19(27-2)11-9-18/h4-11H,3,12-17H2,1-2H3,(H,23,26). The van der Waals surface area contributed by atoms with Crippen LogP contribution in [0.15, 0.2) is 48.5 Å². The Kier molecular flexibility index (Phi) is 7.28. The van der Waals surface area contributed by atoms with E-state index in [-0.39, 0.29) is 5.91 Å². The number of hydrogen-bond acceptors (Lipinski definition) is 5. The first-order valence-corrected chi connectivity index (χ1v) is 9.77. The number of amides is 1. The van der Waals surface area contributed by atoms with E-state index in [2.05, 4.69) is 27.2 Å². The third kappa shape index (κ3) is 5.71. The number of carbonyl (C=O) groups is 1. The normalized spacial score (nSPS) is 15.2. The molecule has 6 nitrogen and oxygen atoms in total. The maximum Gasteiger partial charge on any atom is 0.238 e. The van der Waals surface area contributed by atoms with Crippen LogP contribution in [0.4, 0.5) is 5.69 Å². The van der Waals surface area contributed by atoms with Crippen LogP contribution in [0.5, 0.6) is 11.5 Å². The molecular weight excluding hydrogens is 354 g/mol. The molecule has 6 heteroatoms. The highest BCUT2D eigenvalue weighted by atomic mass is 16.5. The van der Waals surface area contributed by atoms with Gasteiger partial charge in [0.1, 0.15) is 11.5 Å². The van der Waals surface area contributed by atoms with Crippen molar-refractivity contribution in [2.24, 2.45) is 0 Å². The van der Waals surface area contributed by atoms with Gasteiger partial charge < -0.3 is 14.8 Å². The number of piperazine rings is 1. The molecule has 1 fully saturated rings. The predicted molar refractivity (Wildman–Crippen MR) is 111 cm³/mol. The van der Waals surface area contributed by atoms with Crippen molar-refractivity contribution in [3.63, 3.8) is 0 Å². The molecule has 1 aliphatic heterocycles. The SMILES string of the molecule is CCOc1ccccc1NC(=O)CN1CCN(Cc2ccc(OC)cc2)CC1. The molecule has 0 aromatic heterocycles. The third-order valence-corrected chi connectivity index (χ3v) is 4.86. The molecular formula is C22H29N3O3. The fourth-order valence-corrected chi connectivity index (χ4v) is 3.34. The molecule has 0 radical (unpaired) electrons. The number of nitrogens with zero attached hydrogens (tertiary/aromatic N) is 2. The molecule has 1 aliphatic rings. The van der Waals surface area contributed by atoms with Crippen LogP contribution in [0.25, 0.3) is 0 Å². The average Bonchev–Trinajstić information content (AvgIpc) is 2.72. The van der Waals surface area contributed by atoms with Crippen molar-refractivity contribution < 1.29 is 14.3 Å².